The van der Waals surface area contributed by atoms with Gasteiger partial charge in [0.1, 0.15) is 12.2 Å². The molecule has 0 N–H and O–H groups in total. The molecule has 1 fully saturated rings. The van der Waals surface area contributed by atoms with Crippen molar-refractivity contribution in [1.29, 1.82) is 0 Å². The third-order valence-corrected chi connectivity index (χ3v) is 5.95. The van der Waals surface area contributed by atoms with Crippen molar-refractivity contribution in [3.05, 3.63) is 59.4 Å². The number of benzene rings is 1. The molecule has 0 bridgehead atoms. The number of nitrogens with zero attached hydrogens (tertiary/aromatic N) is 7. The van der Waals surface area contributed by atoms with Crippen LogP contribution in [0.15, 0.2) is 36.8 Å². The largest absolute Gasteiger partial charge is 0.338 e. The second-order valence-corrected chi connectivity index (χ2v) is 7.70. The molecule has 1 spiro atoms. The van der Waals surface area contributed by atoms with Crippen LogP contribution in [-0.4, -0.2) is 54.1 Å². The van der Waals surface area contributed by atoms with Gasteiger partial charge in [-0.2, -0.15) is 0 Å². The molecule has 1 atom stereocenters. The fourth-order valence-corrected chi connectivity index (χ4v) is 4.55. The quantitative estimate of drug-likeness (QED) is 0.679. The average molecular weight is 375 g/mol. The summed E-state index contributed by atoms with van der Waals surface area (Å²) in [4.78, 5) is 24.3. The van der Waals surface area contributed by atoms with Crippen molar-refractivity contribution in [3.63, 3.8) is 0 Å². The lowest BCUT2D eigenvalue weighted by atomic mass is 9.77. The molecule has 2 aromatic heterocycles. The SMILES string of the molecule is Cc1ncc2c(n1)C1(CCCN(C(=O)c3ccc(-n4cnnn4)cc3)C1)CC2. The van der Waals surface area contributed by atoms with Gasteiger partial charge in [-0.25, -0.2) is 14.6 Å². The van der Waals surface area contributed by atoms with E-state index >= 15 is 0 Å². The number of carbonyl (C=O) groups excluding carboxylic acids is 1. The lowest BCUT2D eigenvalue weighted by Crippen LogP contribution is -2.48. The van der Waals surface area contributed by atoms with E-state index in [1.54, 1.807) is 4.68 Å². The van der Waals surface area contributed by atoms with Gasteiger partial charge in [-0.15, -0.1) is 5.10 Å². The number of fused-ring (bicyclic) bond motifs is 2. The normalized spacial score (nSPS) is 21.1. The molecule has 1 aromatic carbocycles. The first kappa shape index (κ1) is 17.0. The maximum absolute atomic E-state index is 13.2. The number of aromatic nitrogens is 6. The predicted molar refractivity (Wildman–Crippen MR) is 101 cm³/mol. The standard InChI is InChI=1S/C20H21N7O/c1-14-21-11-16-7-9-20(18(16)23-14)8-2-10-26(12-20)19(28)15-3-5-17(6-4-15)27-13-22-24-25-27/h3-6,11,13H,2,7-10,12H2,1H3. The first-order valence-corrected chi connectivity index (χ1v) is 9.60. The molecular formula is C20H21N7O. The van der Waals surface area contributed by atoms with E-state index in [2.05, 4.69) is 20.5 Å². The summed E-state index contributed by atoms with van der Waals surface area (Å²) in [6, 6.07) is 7.42. The lowest BCUT2D eigenvalue weighted by Gasteiger charge is -2.40. The van der Waals surface area contributed by atoms with Crippen LogP contribution >= 0.6 is 0 Å². The highest BCUT2D eigenvalue weighted by Gasteiger charge is 2.44. The Balaban J connectivity index is 1.39. The van der Waals surface area contributed by atoms with Crippen molar-refractivity contribution in [2.75, 3.05) is 13.1 Å². The zero-order valence-corrected chi connectivity index (χ0v) is 15.7. The number of rotatable bonds is 2. The van der Waals surface area contributed by atoms with E-state index in [1.807, 2.05) is 42.3 Å². The summed E-state index contributed by atoms with van der Waals surface area (Å²) in [5.74, 6) is 0.878. The van der Waals surface area contributed by atoms with Crippen LogP contribution < -0.4 is 0 Å². The molecule has 1 amide bonds. The molecule has 1 aliphatic heterocycles. The van der Waals surface area contributed by atoms with Gasteiger partial charge in [0.25, 0.3) is 5.91 Å². The van der Waals surface area contributed by atoms with Crippen LogP contribution in [0.25, 0.3) is 5.69 Å². The van der Waals surface area contributed by atoms with Crippen LogP contribution in [0, 0.1) is 6.92 Å². The minimum Gasteiger partial charge on any atom is -0.338 e. The van der Waals surface area contributed by atoms with Crippen LogP contribution in [0.5, 0.6) is 0 Å². The molecule has 142 valence electrons. The minimum atomic E-state index is -0.0245. The summed E-state index contributed by atoms with van der Waals surface area (Å²) in [6.45, 7) is 3.45. The molecule has 8 heteroatoms. The number of carbonyl (C=O) groups is 1. The van der Waals surface area contributed by atoms with Gasteiger partial charge < -0.3 is 4.90 Å². The molecule has 2 aliphatic rings. The van der Waals surface area contributed by atoms with E-state index in [9.17, 15) is 4.79 Å². The molecule has 1 aliphatic carbocycles. The van der Waals surface area contributed by atoms with Gasteiger partial charge in [0.2, 0.25) is 0 Å². The molecule has 5 rings (SSSR count). The van der Waals surface area contributed by atoms with Crippen molar-refractivity contribution in [3.8, 4) is 5.69 Å². The van der Waals surface area contributed by atoms with Crippen molar-refractivity contribution in [2.45, 2.75) is 38.0 Å². The van der Waals surface area contributed by atoms with Crippen LogP contribution in [-0.2, 0) is 11.8 Å². The van der Waals surface area contributed by atoms with E-state index in [4.69, 9.17) is 4.98 Å². The number of aryl methyl sites for hydroxylation is 2. The number of likely N-dealkylation sites (tertiary alicyclic amines) is 1. The van der Waals surface area contributed by atoms with E-state index in [-0.39, 0.29) is 11.3 Å². The van der Waals surface area contributed by atoms with Gasteiger partial charge in [0.15, 0.2) is 0 Å². The summed E-state index contributed by atoms with van der Waals surface area (Å²) in [6.07, 6.45) is 7.62. The van der Waals surface area contributed by atoms with E-state index < -0.39 is 0 Å². The van der Waals surface area contributed by atoms with Gasteiger partial charge in [0, 0.05) is 30.3 Å². The van der Waals surface area contributed by atoms with Crippen LogP contribution in [0.1, 0.15) is 46.7 Å². The number of hydrogen-bond donors (Lipinski definition) is 0. The minimum absolute atomic E-state index is 0.0245. The van der Waals surface area contributed by atoms with Gasteiger partial charge in [-0.05, 0) is 72.9 Å². The van der Waals surface area contributed by atoms with Crippen LogP contribution in [0.4, 0.5) is 0 Å². The average Bonchev–Trinajstić information content (AvgIpc) is 3.37. The predicted octanol–water partition coefficient (Wildman–Crippen LogP) is 1.88. The summed E-state index contributed by atoms with van der Waals surface area (Å²) in [5.41, 5.74) is 3.89. The molecule has 3 aromatic rings. The Morgan fingerprint density at radius 2 is 2.04 bits per heavy atom. The number of tetrazole rings is 1. The van der Waals surface area contributed by atoms with Gasteiger partial charge in [-0.1, -0.05) is 0 Å². The zero-order chi connectivity index (χ0) is 19.1. The Bertz CT molecular complexity index is 1010. The third-order valence-electron chi connectivity index (χ3n) is 5.95. The highest BCUT2D eigenvalue weighted by atomic mass is 16.2. The fourth-order valence-electron chi connectivity index (χ4n) is 4.55. The number of hydrogen-bond acceptors (Lipinski definition) is 6. The van der Waals surface area contributed by atoms with Crippen molar-refractivity contribution in [1.82, 2.24) is 35.1 Å². The van der Waals surface area contributed by atoms with E-state index in [0.717, 1.165) is 56.0 Å². The van der Waals surface area contributed by atoms with Gasteiger partial charge in [-0.3, -0.25) is 4.79 Å². The zero-order valence-electron chi connectivity index (χ0n) is 15.7. The Morgan fingerprint density at radius 1 is 1.18 bits per heavy atom. The summed E-state index contributed by atoms with van der Waals surface area (Å²) in [5, 5.41) is 11.2. The smallest absolute Gasteiger partial charge is 0.253 e. The molecular weight excluding hydrogens is 354 g/mol. The Morgan fingerprint density at radius 3 is 2.82 bits per heavy atom. The first-order valence-electron chi connectivity index (χ1n) is 9.60. The summed E-state index contributed by atoms with van der Waals surface area (Å²) >= 11 is 0. The maximum atomic E-state index is 13.2. The van der Waals surface area contributed by atoms with Gasteiger partial charge in [0.05, 0.1) is 11.4 Å². The van der Waals surface area contributed by atoms with Crippen LogP contribution in [0.2, 0.25) is 0 Å². The maximum Gasteiger partial charge on any atom is 0.253 e. The summed E-state index contributed by atoms with van der Waals surface area (Å²) in [7, 11) is 0. The second kappa shape index (κ2) is 6.47. The molecule has 3 heterocycles. The molecule has 0 radical (unpaired) electrons. The first-order chi connectivity index (χ1) is 13.6. The lowest BCUT2D eigenvalue weighted by molar-refractivity contribution is 0.0633. The summed E-state index contributed by atoms with van der Waals surface area (Å²) < 4.78 is 1.57. The Labute approximate surface area is 162 Å². The highest BCUT2D eigenvalue weighted by molar-refractivity contribution is 5.94. The third kappa shape index (κ3) is 2.76. The monoisotopic (exact) mass is 375 g/mol. The van der Waals surface area contributed by atoms with Crippen LogP contribution in [0.3, 0.4) is 0 Å². The van der Waals surface area contributed by atoms with Gasteiger partial charge >= 0.3 is 0 Å². The molecule has 28 heavy (non-hydrogen) atoms. The fraction of sp³-hybridized carbons (Fsp3) is 0.400. The topological polar surface area (TPSA) is 89.7 Å². The Hall–Kier alpha value is -3.16. The Kier molecular flexibility index (Phi) is 3.92. The number of piperidine rings is 1. The molecule has 8 nitrogen and oxygen atoms in total. The van der Waals surface area contributed by atoms with Crippen molar-refractivity contribution in [2.24, 2.45) is 0 Å². The molecule has 1 saturated heterocycles. The second-order valence-electron chi connectivity index (χ2n) is 7.70. The van der Waals surface area contributed by atoms with E-state index in [1.165, 1.54) is 11.9 Å². The van der Waals surface area contributed by atoms with E-state index in [0.29, 0.717) is 5.56 Å². The van der Waals surface area contributed by atoms with Crippen molar-refractivity contribution < 1.29 is 4.79 Å². The van der Waals surface area contributed by atoms with Crippen molar-refractivity contribution >= 4 is 5.91 Å². The molecule has 0 saturated carbocycles. The number of amides is 1. The highest BCUT2D eigenvalue weighted by Crippen LogP contribution is 2.44. The molecule has 1 unspecified atom stereocenters.